The molecule has 1 aromatic carbocycles. The number of rotatable bonds is 2. The first kappa shape index (κ1) is 10.9. The number of carbonyl (C=O) groups excluding carboxylic acids is 1. The van der Waals surface area contributed by atoms with Gasteiger partial charge in [-0.3, -0.25) is 4.90 Å². The maximum absolute atomic E-state index is 11.7. The van der Waals surface area contributed by atoms with E-state index in [0.29, 0.717) is 16.7 Å². The summed E-state index contributed by atoms with van der Waals surface area (Å²) < 4.78 is 10.3. The summed E-state index contributed by atoms with van der Waals surface area (Å²) in [7, 11) is 0. The molecule has 2 heterocycles. The molecule has 0 bridgehead atoms. The fraction of sp³-hybridized carbons (Fsp3) is 0.250. The lowest BCUT2D eigenvalue weighted by Gasteiger charge is -2.09. The third-order valence-electron chi connectivity index (χ3n) is 2.91. The van der Waals surface area contributed by atoms with Crippen molar-refractivity contribution in [3.05, 3.63) is 24.5 Å². The number of aliphatic hydroxyl groups excluding tert-OH is 1. The van der Waals surface area contributed by atoms with Crippen molar-refractivity contribution in [2.24, 2.45) is 0 Å². The van der Waals surface area contributed by atoms with Gasteiger partial charge in [0, 0.05) is 11.5 Å². The zero-order valence-electron chi connectivity index (χ0n) is 9.37. The van der Waals surface area contributed by atoms with Crippen molar-refractivity contribution in [3.63, 3.8) is 0 Å². The molecule has 1 aliphatic heterocycles. The van der Waals surface area contributed by atoms with Crippen molar-refractivity contribution in [1.29, 1.82) is 0 Å². The molecule has 2 aromatic rings. The van der Waals surface area contributed by atoms with Crippen LogP contribution in [-0.2, 0) is 4.74 Å². The maximum Gasteiger partial charge on any atom is 0.414 e. The second-order valence-electron chi connectivity index (χ2n) is 4.10. The number of hydrogen-bond donors (Lipinski definition) is 2. The predicted octanol–water partition coefficient (Wildman–Crippen LogP) is 1.46. The van der Waals surface area contributed by atoms with Gasteiger partial charge in [-0.25, -0.2) is 4.79 Å². The third-order valence-corrected chi connectivity index (χ3v) is 2.91. The fourth-order valence-corrected chi connectivity index (χ4v) is 2.03. The fourth-order valence-electron chi connectivity index (χ4n) is 2.03. The van der Waals surface area contributed by atoms with Crippen molar-refractivity contribution >= 4 is 22.7 Å². The van der Waals surface area contributed by atoms with Crippen LogP contribution in [0.15, 0.2) is 28.9 Å². The maximum atomic E-state index is 11.7. The summed E-state index contributed by atoms with van der Waals surface area (Å²) in [5, 5.41) is 19.0. The molecular formula is C12H11NO5. The van der Waals surface area contributed by atoms with Crippen LogP contribution in [0.2, 0.25) is 0 Å². The summed E-state index contributed by atoms with van der Waals surface area (Å²) >= 11 is 0. The lowest BCUT2D eigenvalue weighted by molar-refractivity contribution is 0.0963. The van der Waals surface area contributed by atoms with Gasteiger partial charge in [0.1, 0.15) is 23.7 Å². The number of benzene rings is 1. The van der Waals surface area contributed by atoms with E-state index in [4.69, 9.17) is 14.3 Å². The van der Waals surface area contributed by atoms with E-state index in [2.05, 4.69) is 0 Å². The summed E-state index contributed by atoms with van der Waals surface area (Å²) in [5.41, 5.74) is 1.07. The quantitative estimate of drug-likeness (QED) is 0.841. The average molecular weight is 249 g/mol. The number of ether oxygens (including phenoxy) is 1. The molecule has 0 radical (unpaired) electrons. The molecule has 1 aromatic heterocycles. The Hall–Kier alpha value is -2.21. The Morgan fingerprint density at radius 1 is 1.44 bits per heavy atom. The van der Waals surface area contributed by atoms with Gasteiger partial charge < -0.3 is 19.4 Å². The summed E-state index contributed by atoms with van der Waals surface area (Å²) in [6.45, 7) is 0.0731. The highest BCUT2D eigenvalue weighted by molar-refractivity contribution is 6.01. The number of carbonyl (C=O) groups is 1. The van der Waals surface area contributed by atoms with Crippen LogP contribution in [0.5, 0.6) is 5.75 Å². The minimum atomic E-state index is -0.514. The van der Waals surface area contributed by atoms with Crippen LogP contribution in [0.4, 0.5) is 10.5 Å². The lowest BCUT2D eigenvalue weighted by Crippen LogP contribution is -2.25. The zero-order chi connectivity index (χ0) is 12.7. The number of fused-ring (bicyclic) bond motifs is 1. The Balaban J connectivity index is 2.02. The SMILES string of the molecule is O=C1OC(CO)CN1c1coc2cc(O)ccc12. The van der Waals surface area contributed by atoms with E-state index in [0.717, 1.165) is 0 Å². The van der Waals surface area contributed by atoms with Gasteiger partial charge in [0.15, 0.2) is 0 Å². The molecule has 1 saturated heterocycles. The number of phenols is 1. The molecule has 1 amide bonds. The van der Waals surface area contributed by atoms with Gasteiger partial charge in [0.2, 0.25) is 0 Å². The van der Waals surface area contributed by atoms with Gasteiger partial charge in [-0.15, -0.1) is 0 Å². The molecule has 0 aliphatic carbocycles. The monoisotopic (exact) mass is 249 g/mol. The van der Waals surface area contributed by atoms with E-state index < -0.39 is 12.2 Å². The zero-order valence-corrected chi connectivity index (χ0v) is 9.37. The largest absolute Gasteiger partial charge is 0.508 e. The van der Waals surface area contributed by atoms with Crippen molar-refractivity contribution in [2.75, 3.05) is 18.1 Å². The van der Waals surface area contributed by atoms with Gasteiger partial charge in [-0.1, -0.05) is 0 Å². The second-order valence-corrected chi connectivity index (χ2v) is 4.10. The minimum Gasteiger partial charge on any atom is -0.508 e. The number of amides is 1. The van der Waals surface area contributed by atoms with Crippen LogP contribution in [0.25, 0.3) is 11.0 Å². The Morgan fingerprint density at radius 3 is 3.00 bits per heavy atom. The smallest absolute Gasteiger partial charge is 0.414 e. The van der Waals surface area contributed by atoms with E-state index in [-0.39, 0.29) is 18.9 Å². The first-order chi connectivity index (χ1) is 8.69. The number of anilines is 1. The number of aromatic hydroxyl groups is 1. The van der Waals surface area contributed by atoms with Crippen LogP contribution >= 0.6 is 0 Å². The number of furan rings is 1. The van der Waals surface area contributed by atoms with Gasteiger partial charge in [0.05, 0.1) is 18.8 Å². The van der Waals surface area contributed by atoms with Gasteiger partial charge in [0.25, 0.3) is 0 Å². The highest BCUT2D eigenvalue weighted by Crippen LogP contribution is 2.33. The van der Waals surface area contributed by atoms with Crippen LogP contribution in [0.3, 0.4) is 0 Å². The predicted molar refractivity (Wildman–Crippen MR) is 62.6 cm³/mol. The standard InChI is InChI=1S/C12H11NO5/c14-5-8-4-13(12(16)18-8)10-6-17-11-3-7(15)1-2-9(10)11/h1-3,6,8,14-15H,4-5H2. The van der Waals surface area contributed by atoms with Crippen molar-refractivity contribution in [2.45, 2.75) is 6.10 Å². The number of nitrogens with zero attached hydrogens (tertiary/aromatic N) is 1. The first-order valence-electron chi connectivity index (χ1n) is 5.48. The summed E-state index contributed by atoms with van der Waals surface area (Å²) in [6.07, 6.45) is 0.412. The minimum absolute atomic E-state index is 0.0978. The van der Waals surface area contributed by atoms with Crippen molar-refractivity contribution in [3.8, 4) is 5.75 Å². The van der Waals surface area contributed by atoms with Gasteiger partial charge in [-0.05, 0) is 12.1 Å². The number of phenolic OH excluding ortho intramolecular Hbond substituents is 1. The highest BCUT2D eigenvalue weighted by atomic mass is 16.6. The number of aliphatic hydroxyl groups is 1. The molecule has 0 spiro atoms. The first-order valence-corrected chi connectivity index (χ1v) is 5.48. The molecule has 6 nitrogen and oxygen atoms in total. The van der Waals surface area contributed by atoms with Gasteiger partial charge >= 0.3 is 6.09 Å². The van der Waals surface area contributed by atoms with Crippen molar-refractivity contribution in [1.82, 2.24) is 0 Å². The topological polar surface area (TPSA) is 83.1 Å². The van der Waals surface area contributed by atoms with E-state index in [1.54, 1.807) is 6.07 Å². The number of cyclic esters (lactones) is 1. The molecule has 6 heteroatoms. The van der Waals surface area contributed by atoms with Gasteiger partial charge in [-0.2, -0.15) is 0 Å². The van der Waals surface area contributed by atoms with E-state index in [1.165, 1.54) is 23.3 Å². The number of hydrogen-bond acceptors (Lipinski definition) is 5. The molecule has 3 rings (SSSR count). The Morgan fingerprint density at radius 2 is 2.28 bits per heavy atom. The third kappa shape index (κ3) is 1.58. The van der Waals surface area contributed by atoms with Crippen LogP contribution in [0, 0.1) is 0 Å². The molecule has 1 fully saturated rings. The molecule has 1 aliphatic rings. The highest BCUT2D eigenvalue weighted by Gasteiger charge is 2.33. The molecule has 18 heavy (non-hydrogen) atoms. The Kier molecular flexibility index (Phi) is 2.38. The molecule has 2 N–H and O–H groups in total. The Labute approximate surface area is 102 Å². The van der Waals surface area contributed by atoms with E-state index in [9.17, 15) is 9.90 Å². The summed E-state index contributed by atoms with van der Waals surface area (Å²) in [6, 6.07) is 4.67. The average Bonchev–Trinajstić information content (AvgIpc) is 2.91. The van der Waals surface area contributed by atoms with Crippen molar-refractivity contribution < 1.29 is 24.2 Å². The molecule has 94 valence electrons. The Bertz CT molecular complexity index is 606. The molecule has 1 unspecified atom stereocenters. The molecular weight excluding hydrogens is 238 g/mol. The molecule has 0 saturated carbocycles. The summed E-state index contributed by atoms with van der Waals surface area (Å²) in [4.78, 5) is 13.1. The normalized spacial score (nSPS) is 19.5. The van der Waals surface area contributed by atoms with E-state index >= 15 is 0 Å². The lowest BCUT2D eigenvalue weighted by atomic mass is 10.2. The summed E-state index contributed by atoms with van der Waals surface area (Å²) in [5.74, 6) is 0.0978. The van der Waals surface area contributed by atoms with Crippen LogP contribution in [-0.4, -0.2) is 35.6 Å². The van der Waals surface area contributed by atoms with Crippen LogP contribution < -0.4 is 4.90 Å². The van der Waals surface area contributed by atoms with Crippen LogP contribution in [0.1, 0.15) is 0 Å². The van der Waals surface area contributed by atoms with E-state index in [1.807, 2.05) is 0 Å². The molecule has 1 atom stereocenters. The second kappa shape index (κ2) is 3.92.